The summed E-state index contributed by atoms with van der Waals surface area (Å²) in [6.07, 6.45) is 4.59. The van der Waals surface area contributed by atoms with Gasteiger partial charge in [-0.2, -0.15) is 0 Å². The lowest BCUT2D eigenvalue weighted by Gasteiger charge is -2.33. The van der Waals surface area contributed by atoms with Gasteiger partial charge in [0.1, 0.15) is 17.7 Å². The Morgan fingerprint density at radius 2 is 1.71 bits per heavy atom. The number of alkyl carbamates (subject to hydrolysis) is 1. The standard InChI is InChI=1S/C26H38N4O5/c1-10-30(23(33)19(13-14-20(27)31)28-24(34)35-26(7,8)9)21(22(32)29-25(4,5)6)18-12-11-16(2)15-17(18)3/h1,11-12,15,19,21H,13-14H2,2-9H3,(H2,27,31)(H,28,34)(H,29,32). The fourth-order valence-electron chi connectivity index (χ4n) is 3.40. The van der Waals surface area contributed by atoms with Crippen LogP contribution in [0.15, 0.2) is 18.2 Å². The summed E-state index contributed by atoms with van der Waals surface area (Å²) in [5.74, 6) is -1.88. The van der Waals surface area contributed by atoms with E-state index in [1.807, 2.05) is 46.8 Å². The van der Waals surface area contributed by atoms with Crippen LogP contribution < -0.4 is 16.4 Å². The Morgan fingerprint density at radius 1 is 1.11 bits per heavy atom. The van der Waals surface area contributed by atoms with E-state index in [2.05, 4.69) is 16.7 Å². The fraction of sp³-hybridized carbons (Fsp3) is 0.538. The van der Waals surface area contributed by atoms with Crippen LogP contribution in [0.5, 0.6) is 0 Å². The Morgan fingerprint density at radius 3 is 2.17 bits per heavy atom. The Balaban J connectivity index is 3.49. The van der Waals surface area contributed by atoms with Gasteiger partial charge >= 0.3 is 6.09 Å². The highest BCUT2D eigenvalue weighted by Gasteiger charge is 2.37. The minimum atomic E-state index is -1.25. The van der Waals surface area contributed by atoms with Gasteiger partial charge in [-0.15, -0.1) is 0 Å². The molecule has 0 bridgehead atoms. The summed E-state index contributed by atoms with van der Waals surface area (Å²) >= 11 is 0. The topological polar surface area (TPSA) is 131 Å². The number of carbonyl (C=O) groups is 4. The van der Waals surface area contributed by atoms with Crippen LogP contribution in [0.2, 0.25) is 0 Å². The van der Waals surface area contributed by atoms with E-state index in [0.29, 0.717) is 5.56 Å². The van der Waals surface area contributed by atoms with Crippen molar-refractivity contribution in [3.8, 4) is 12.5 Å². The SMILES string of the molecule is C#CN(C(=O)C(CCC(N)=O)NC(=O)OC(C)(C)C)C(C(=O)NC(C)(C)C)c1ccc(C)cc1C. The first-order valence-corrected chi connectivity index (χ1v) is 11.4. The number of hydrogen-bond donors (Lipinski definition) is 3. The van der Waals surface area contributed by atoms with Gasteiger partial charge < -0.3 is 21.1 Å². The van der Waals surface area contributed by atoms with Gasteiger partial charge in [0.15, 0.2) is 0 Å². The maximum absolute atomic E-state index is 13.6. The molecule has 9 nitrogen and oxygen atoms in total. The van der Waals surface area contributed by atoms with Gasteiger partial charge in [-0.05, 0) is 72.9 Å². The second kappa shape index (κ2) is 11.7. The quantitative estimate of drug-likeness (QED) is 0.384. The lowest BCUT2D eigenvalue weighted by molar-refractivity contribution is -0.139. The van der Waals surface area contributed by atoms with Crippen LogP contribution in [0.3, 0.4) is 0 Å². The molecule has 4 N–H and O–H groups in total. The first-order valence-electron chi connectivity index (χ1n) is 11.4. The third-order valence-corrected chi connectivity index (χ3v) is 4.77. The monoisotopic (exact) mass is 486 g/mol. The van der Waals surface area contributed by atoms with Crippen LogP contribution in [0.4, 0.5) is 4.79 Å². The molecule has 9 heteroatoms. The second-order valence-corrected chi connectivity index (χ2v) is 10.5. The molecule has 35 heavy (non-hydrogen) atoms. The Hall–Kier alpha value is -3.54. The number of ether oxygens (including phenoxy) is 1. The van der Waals surface area contributed by atoms with Gasteiger partial charge in [-0.1, -0.05) is 30.2 Å². The van der Waals surface area contributed by atoms with Gasteiger partial charge in [-0.3, -0.25) is 19.3 Å². The van der Waals surface area contributed by atoms with Crippen LogP contribution >= 0.6 is 0 Å². The molecule has 0 spiro atoms. The average molecular weight is 487 g/mol. The van der Waals surface area contributed by atoms with Gasteiger partial charge in [-0.25, -0.2) is 4.79 Å². The predicted octanol–water partition coefficient (Wildman–Crippen LogP) is 2.84. The van der Waals surface area contributed by atoms with Crippen molar-refractivity contribution in [2.24, 2.45) is 5.73 Å². The van der Waals surface area contributed by atoms with E-state index in [-0.39, 0.29) is 12.8 Å². The molecular weight excluding hydrogens is 448 g/mol. The van der Waals surface area contributed by atoms with Crippen molar-refractivity contribution in [2.45, 2.75) is 91.5 Å². The van der Waals surface area contributed by atoms with Crippen molar-refractivity contribution in [1.29, 1.82) is 0 Å². The van der Waals surface area contributed by atoms with Crippen molar-refractivity contribution in [1.82, 2.24) is 15.5 Å². The highest BCUT2D eigenvalue weighted by Crippen LogP contribution is 2.27. The maximum atomic E-state index is 13.6. The van der Waals surface area contributed by atoms with Gasteiger partial charge in [0, 0.05) is 18.0 Å². The van der Waals surface area contributed by atoms with E-state index in [9.17, 15) is 19.2 Å². The number of carbonyl (C=O) groups excluding carboxylic acids is 4. The number of hydrogen-bond acceptors (Lipinski definition) is 5. The highest BCUT2D eigenvalue weighted by atomic mass is 16.6. The summed E-state index contributed by atoms with van der Waals surface area (Å²) in [7, 11) is 0. The molecule has 0 fully saturated rings. The number of primary amides is 1. The minimum Gasteiger partial charge on any atom is -0.444 e. The first-order chi connectivity index (χ1) is 15.9. The molecule has 1 rings (SSSR count). The molecule has 0 heterocycles. The molecule has 0 radical (unpaired) electrons. The first kappa shape index (κ1) is 29.5. The zero-order chi connectivity index (χ0) is 27.1. The molecule has 2 unspecified atom stereocenters. The molecule has 0 saturated heterocycles. The number of nitrogens with zero attached hydrogens (tertiary/aromatic N) is 1. The van der Waals surface area contributed by atoms with E-state index < -0.39 is 47.0 Å². The highest BCUT2D eigenvalue weighted by molar-refractivity contribution is 5.94. The van der Waals surface area contributed by atoms with Crippen LogP contribution in [0, 0.1) is 26.3 Å². The molecule has 192 valence electrons. The molecule has 4 amide bonds. The summed E-state index contributed by atoms with van der Waals surface area (Å²) in [6, 6.07) is 5.34. The summed E-state index contributed by atoms with van der Waals surface area (Å²) < 4.78 is 5.26. The van der Waals surface area contributed by atoms with Crippen molar-refractivity contribution in [2.75, 3.05) is 0 Å². The van der Waals surface area contributed by atoms with Crippen molar-refractivity contribution < 1.29 is 23.9 Å². The average Bonchev–Trinajstić information content (AvgIpc) is 2.66. The van der Waals surface area contributed by atoms with Crippen LogP contribution in [-0.2, 0) is 19.1 Å². The summed E-state index contributed by atoms with van der Waals surface area (Å²) in [4.78, 5) is 51.8. The van der Waals surface area contributed by atoms with Gasteiger partial charge in [0.2, 0.25) is 11.8 Å². The number of nitrogens with two attached hydrogens (primary N) is 1. The van der Waals surface area contributed by atoms with E-state index in [0.717, 1.165) is 16.0 Å². The molecular formula is C26H38N4O5. The van der Waals surface area contributed by atoms with Gasteiger partial charge in [0.05, 0.1) is 0 Å². The van der Waals surface area contributed by atoms with Crippen LogP contribution in [-0.4, -0.2) is 45.9 Å². The van der Waals surface area contributed by atoms with Crippen molar-refractivity contribution in [3.63, 3.8) is 0 Å². The van der Waals surface area contributed by atoms with Crippen molar-refractivity contribution >= 4 is 23.8 Å². The molecule has 0 aliphatic carbocycles. The Kier molecular flexibility index (Phi) is 9.89. The molecule has 1 aromatic rings. The molecule has 0 aliphatic heterocycles. The van der Waals surface area contributed by atoms with E-state index in [1.165, 1.54) is 0 Å². The number of rotatable bonds is 8. The molecule has 1 aromatic carbocycles. The number of nitrogens with one attached hydrogen (secondary N) is 2. The number of benzene rings is 1. The summed E-state index contributed by atoms with van der Waals surface area (Å²) in [5, 5.41) is 5.35. The molecule has 0 aromatic heterocycles. The molecule has 2 atom stereocenters. The normalized spacial score (nSPS) is 13.1. The summed E-state index contributed by atoms with van der Waals surface area (Å²) in [5.41, 5.74) is 6.13. The minimum absolute atomic E-state index is 0.119. The van der Waals surface area contributed by atoms with Crippen molar-refractivity contribution in [3.05, 3.63) is 34.9 Å². The largest absolute Gasteiger partial charge is 0.444 e. The number of amides is 4. The second-order valence-electron chi connectivity index (χ2n) is 10.5. The van der Waals surface area contributed by atoms with E-state index in [1.54, 1.807) is 26.8 Å². The van der Waals surface area contributed by atoms with E-state index in [4.69, 9.17) is 16.9 Å². The van der Waals surface area contributed by atoms with Gasteiger partial charge in [0.25, 0.3) is 5.91 Å². The maximum Gasteiger partial charge on any atom is 0.408 e. The Bertz CT molecular complexity index is 998. The third kappa shape index (κ3) is 9.69. The third-order valence-electron chi connectivity index (χ3n) is 4.77. The zero-order valence-corrected chi connectivity index (χ0v) is 21.9. The number of terminal acetylenes is 1. The zero-order valence-electron chi connectivity index (χ0n) is 21.9. The Labute approximate surface area is 208 Å². The smallest absolute Gasteiger partial charge is 0.408 e. The molecule has 0 aliphatic rings. The van der Waals surface area contributed by atoms with E-state index >= 15 is 0 Å². The van der Waals surface area contributed by atoms with Crippen LogP contribution in [0.1, 0.15) is 77.1 Å². The van der Waals surface area contributed by atoms with Crippen LogP contribution in [0.25, 0.3) is 0 Å². The predicted molar refractivity (Wildman–Crippen MR) is 134 cm³/mol. The summed E-state index contributed by atoms with van der Waals surface area (Å²) in [6.45, 7) is 14.2. The number of aryl methyl sites for hydroxylation is 2. The molecule has 0 saturated carbocycles. The fourth-order valence-corrected chi connectivity index (χ4v) is 3.40. The lowest BCUT2D eigenvalue weighted by atomic mass is 9.95. The lowest BCUT2D eigenvalue weighted by Crippen LogP contribution is -2.53.